The Morgan fingerprint density at radius 2 is 1.73 bits per heavy atom. The lowest BCUT2D eigenvalue weighted by molar-refractivity contribution is 0.398. The van der Waals surface area contributed by atoms with Crippen molar-refractivity contribution < 1.29 is 9.47 Å². The maximum Gasteiger partial charge on any atom is 0.130 e. The fourth-order valence-corrected chi connectivity index (χ4v) is 1.71. The van der Waals surface area contributed by atoms with E-state index in [2.05, 4.69) is 25.1 Å². The molecule has 78 valence electrons. The highest BCUT2D eigenvalue weighted by molar-refractivity contribution is 5.90. The molecule has 0 N–H and O–H groups in total. The fourth-order valence-electron chi connectivity index (χ4n) is 1.71. The van der Waals surface area contributed by atoms with Gasteiger partial charge in [-0.2, -0.15) is 0 Å². The van der Waals surface area contributed by atoms with Gasteiger partial charge in [0, 0.05) is 11.5 Å². The van der Waals surface area contributed by atoms with Crippen LogP contribution in [0.5, 0.6) is 11.5 Å². The molecule has 0 saturated carbocycles. The van der Waals surface area contributed by atoms with Crippen LogP contribution in [-0.2, 0) is 0 Å². The predicted molar refractivity (Wildman–Crippen MR) is 61.8 cm³/mol. The van der Waals surface area contributed by atoms with Crippen molar-refractivity contribution in [2.24, 2.45) is 0 Å². The summed E-state index contributed by atoms with van der Waals surface area (Å²) in [7, 11) is 3.34. The molecule has 2 rings (SSSR count). The molecule has 0 fully saturated rings. The van der Waals surface area contributed by atoms with E-state index in [4.69, 9.17) is 9.47 Å². The van der Waals surface area contributed by atoms with Crippen molar-refractivity contribution in [1.29, 1.82) is 0 Å². The lowest BCUT2D eigenvalue weighted by Crippen LogP contribution is -1.89. The van der Waals surface area contributed by atoms with Crippen LogP contribution >= 0.6 is 0 Å². The van der Waals surface area contributed by atoms with Crippen molar-refractivity contribution in [1.82, 2.24) is 0 Å². The summed E-state index contributed by atoms with van der Waals surface area (Å²) >= 11 is 0. The molecule has 0 amide bonds. The number of methoxy groups -OCH3 is 2. The fraction of sp³-hybridized carbons (Fsp3) is 0.231. The first-order valence-corrected chi connectivity index (χ1v) is 4.87. The van der Waals surface area contributed by atoms with Crippen LogP contribution in [-0.4, -0.2) is 14.2 Å². The minimum Gasteiger partial charge on any atom is -0.497 e. The highest BCUT2D eigenvalue weighted by atomic mass is 16.5. The molecule has 0 radical (unpaired) electrons. The maximum atomic E-state index is 5.33. The Bertz CT molecular complexity index is 489. The minimum absolute atomic E-state index is 0.824. The second-order valence-corrected chi connectivity index (χ2v) is 3.55. The molecule has 0 aliphatic heterocycles. The van der Waals surface area contributed by atoms with E-state index in [-0.39, 0.29) is 0 Å². The van der Waals surface area contributed by atoms with Gasteiger partial charge in [0.05, 0.1) is 14.2 Å². The summed E-state index contributed by atoms with van der Waals surface area (Å²) in [5.41, 5.74) is 1.23. The van der Waals surface area contributed by atoms with E-state index in [0.717, 1.165) is 22.3 Å². The summed E-state index contributed by atoms with van der Waals surface area (Å²) < 4.78 is 10.6. The number of ether oxygens (including phenoxy) is 2. The molecule has 15 heavy (non-hydrogen) atoms. The van der Waals surface area contributed by atoms with Gasteiger partial charge in [0.15, 0.2) is 0 Å². The van der Waals surface area contributed by atoms with E-state index < -0.39 is 0 Å². The Balaban J connectivity index is 2.74. The van der Waals surface area contributed by atoms with Crippen molar-refractivity contribution in [3.05, 3.63) is 35.9 Å². The van der Waals surface area contributed by atoms with E-state index in [1.54, 1.807) is 14.2 Å². The molecule has 0 aliphatic carbocycles. The number of fused-ring (bicyclic) bond motifs is 1. The van der Waals surface area contributed by atoms with Crippen molar-refractivity contribution in [2.45, 2.75) is 6.92 Å². The van der Waals surface area contributed by atoms with Crippen LogP contribution in [0.3, 0.4) is 0 Å². The Morgan fingerprint density at radius 1 is 0.933 bits per heavy atom. The molecule has 0 unspecified atom stereocenters. The lowest BCUT2D eigenvalue weighted by Gasteiger charge is -2.09. The first kappa shape index (κ1) is 9.84. The van der Waals surface area contributed by atoms with Gasteiger partial charge in [-0.1, -0.05) is 23.8 Å². The van der Waals surface area contributed by atoms with Gasteiger partial charge in [-0.25, -0.2) is 0 Å². The summed E-state index contributed by atoms with van der Waals surface area (Å²) in [6.07, 6.45) is 0. The zero-order valence-electron chi connectivity index (χ0n) is 9.20. The van der Waals surface area contributed by atoms with Gasteiger partial charge >= 0.3 is 0 Å². The van der Waals surface area contributed by atoms with Gasteiger partial charge in [-0.05, 0) is 18.4 Å². The Kier molecular flexibility index (Phi) is 2.50. The topological polar surface area (TPSA) is 18.5 Å². The second-order valence-electron chi connectivity index (χ2n) is 3.55. The molecule has 2 heteroatoms. The third-order valence-corrected chi connectivity index (χ3v) is 2.50. The first-order chi connectivity index (χ1) is 7.24. The SMILES string of the molecule is COc1cc(OC)c2ccc(C)cc2c1. The van der Waals surface area contributed by atoms with Crippen LogP contribution in [0, 0.1) is 6.92 Å². The number of hydrogen-bond acceptors (Lipinski definition) is 2. The predicted octanol–water partition coefficient (Wildman–Crippen LogP) is 3.17. The van der Waals surface area contributed by atoms with Crippen molar-refractivity contribution in [3.63, 3.8) is 0 Å². The molecule has 2 aromatic carbocycles. The van der Waals surface area contributed by atoms with E-state index in [1.807, 2.05) is 12.1 Å². The lowest BCUT2D eigenvalue weighted by atomic mass is 10.1. The Morgan fingerprint density at radius 3 is 2.40 bits per heavy atom. The van der Waals surface area contributed by atoms with Gasteiger partial charge in [0.25, 0.3) is 0 Å². The zero-order valence-corrected chi connectivity index (χ0v) is 9.20. The van der Waals surface area contributed by atoms with E-state index in [0.29, 0.717) is 0 Å². The van der Waals surface area contributed by atoms with Crippen LogP contribution in [0.2, 0.25) is 0 Å². The summed E-state index contributed by atoms with van der Waals surface area (Å²) in [6.45, 7) is 2.07. The van der Waals surface area contributed by atoms with E-state index in [9.17, 15) is 0 Å². The number of benzene rings is 2. The molecule has 2 nitrogen and oxygen atoms in total. The first-order valence-electron chi connectivity index (χ1n) is 4.87. The van der Waals surface area contributed by atoms with Gasteiger partial charge in [0.1, 0.15) is 11.5 Å². The zero-order chi connectivity index (χ0) is 10.8. The molecule has 2 aromatic rings. The summed E-state index contributed by atoms with van der Waals surface area (Å²) in [4.78, 5) is 0. The van der Waals surface area contributed by atoms with E-state index >= 15 is 0 Å². The Hall–Kier alpha value is -1.70. The van der Waals surface area contributed by atoms with Crippen LogP contribution in [0.1, 0.15) is 5.56 Å². The molecule has 0 bridgehead atoms. The summed E-state index contributed by atoms with van der Waals surface area (Å²) in [6, 6.07) is 10.2. The monoisotopic (exact) mass is 202 g/mol. The normalized spacial score (nSPS) is 10.3. The van der Waals surface area contributed by atoms with Crippen LogP contribution < -0.4 is 9.47 Å². The average Bonchev–Trinajstić information content (AvgIpc) is 2.26. The summed E-state index contributed by atoms with van der Waals surface area (Å²) in [5, 5.41) is 2.26. The second kappa shape index (κ2) is 3.81. The van der Waals surface area contributed by atoms with E-state index in [1.165, 1.54) is 5.56 Å². The quantitative estimate of drug-likeness (QED) is 0.744. The van der Waals surface area contributed by atoms with Crippen LogP contribution in [0.4, 0.5) is 0 Å². The van der Waals surface area contributed by atoms with Crippen molar-refractivity contribution in [3.8, 4) is 11.5 Å². The van der Waals surface area contributed by atoms with Crippen molar-refractivity contribution >= 4 is 10.8 Å². The van der Waals surface area contributed by atoms with Gasteiger partial charge in [-0.15, -0.1) is 0 Å². The third-order valence-electron chi connectivity index (χ3n) is 2.50. The number of aryl methyl sites for hydroxylation is 1. The largest absolute Gasteiger partial charge is 0.497 e. The van der Waals surface area contributed by atoms with Gasteiger partial charge in [0.2, 0.25) is 0 Å². The highest BCUT2D eigenvalue weighted by Crippen LogP contribution is 2.31. The molecule has 0 spiro atoms. The van der Waals surface area contributed by atoms with Crippen LogP contribution in [0.15, 0.2) is 30.3 Å². The van der Waals surface area contributed by atoms with Crippen LogP contribution in [0.25, 0.3) is 10.8 Å². The molecule has 0 aliphatic rings. The minimum atomic E-state index is 0.824. The third kappa shape index (κ3) is 1.75. The standard InChI is InChI=1S/C13H14O2/c1-9-4-5-12-10(6-9)7-11(14-2)8-13(12)15-3/h4-8H,1-3H3. The van der Waals surface area contributed by atoms with Gasteiger partial charge < -0.3 is 9.47 Å². The number of hydrogen-bond donors (Lipinski definition) is 0. The molecular formula is C13H14O2. The summed E-state index contributed by atoms with van der Waals surface area (Å²) in [5.74, 6) is 1.68. The molecule has 0 aromatic heterocycles. The van der Waals surface area contributed by atoms with Gasteiger partial charge in [-0.3, -0.25) is 0 Å². The Labute approximate surface area is 89.4 Å². The smallest absolute Gasteiger partial charge is 0.130 e. The molecule has 0 saturated heterocycles. The molecule has 0 atom stereocenters. The average molecular weight is 202 g/mol. The van der Waals surface area contributed by atoms with Crippen molar-refractivity contribution in [2.75, 3.05) is 14.2 Å². The molecule has 0 heterocycles. The highest BCUT2D eigenvalue weighted by Gasteiger charge is 2.04. The molecular weight excluding hydrogens is 188 g/mol. The number of rotatable bonds is 2. The maximum absolute atomic E-state index is 5.33.